The van der Waals surface area contributed by atoms with Crippen LogP contribution in [0.4, 0.5) is 11.4 Å². The van der Waals surface area contributed by atoms with Gasteiger partial charge in [0, 0.05) is 51.7 Å². The van der Waals surface area contributed by atoms with Gasteiger partial charge in [-0.15, -0.1) is 0 Å². The number of amides is 3. The summed E-state index contributed by atoms with van der Waals surface area (Å²) in [6, 6.07) is 7.24. The van der Waals surface area contributed by atoms with E-state index < -0.39 is 0 Å². The lowest BCUT2D eigenvalue weighted by atomic mass is 10.1. The summed E-state index contributed by atoms with van der Waals surface area (Å²) in [4.78, 5) is 45.7. The Hall–Kier alpha value is -2.49. The average molecular weight is 430 g/mol. The quantitative estimate of drug-likeness (QED) is 0.738. The van der Waals surface area contributed by atoms with Gasteiger partial charge in [-0.1, -0.05) is 12.1 Å². The van der Waals surface area contributed by atoms with E-state index in [1.54, 1.807) is 4.90 Å². The molecule has 3 amide bonds. The number of morpholine rings is 1. The van der Waals surface area contributed by atoms with Crippen molar-refractivity contribution in [1.82, 2.24) is 14.7 Å². The zero-order chi connectivity index (χ0) is 21.8. The summed E-state index contributed by atoms with van der Waals surface area (Å²) in [7, 11) is 0. The first-order valence-electron chi connectivity index (χ1n) is 11.0. The van der Waals surface area contributed by atoms with Crippen LogP contribution in [-0.2, 0) is 19.1 Å². The molecule has 2 saturated heterocycles. The van der Waals surface area contributed by atoms with Crippen LogP contribution in [0.2, 0.25) is 0 Å². The van der Waals surface area contributed by atoms with Crippen molar-refractivity contribution in [3.8, 4) is 0 Å². The molecule has 1 N–H and O–H groups in total. The van der Waals surface area contributed by atoms with Crippen LogP contribution < -0.4 is 10.2 Å². The van der Waals surface area contributed by atoms with Crippen LogP contribution in [0.3, 0.4) is 0 Å². The molecule has 0 aromatic heterocycles. The first-order valence-corrected chi connectivity index (χ1v) is 11.0. The van der Waals surface area contributed by atoms with Gasteiger partial charge in [0.1, 0.15) is 0 Å². The third-order valence-electron chi connectivity index (χ3n) is 6.17. The van der Waals surface area contributed by atoms with Crippen LogP contribution in [0.25, 0.3) is 0 Å². The first kappa shape index (κ1) is 21.7. The molecular weight excluding hydrogens is 398 g/mol. The molecule has 4 rings (SSSR count). The molecule has 1 atom stereocenters. The minimum Gasteiger partial charge on any atom is -0.378 e. The van der Waals surface area contributed by atoms with E-state index >= 15 is 0 Å². The van der Waals surface area contributed by atoms with Crippen molar-refractivity contribution in [2.45, 2.75) is 19.4 Å². The molecule has 1 aromatic carbocycles. The number of benzene rings is 1. The normalized spacial score (nSPS) is 23.1. The number of para-hydroxylation sites is 2. The lowest BCUT2D eigenvalue weighted by Gasteiger charge is -2.37. The number of carbonyl (C=O) groups is 3. The molecule has 9 heteroatoms. The van der Waals surface area contributed by atoms with Gasteiger partial charge in [-0.3, -0.25) is 24.2 Å². The van der Waals surface area contributed by atoms with E-state index in [1.807, 2.05) is 36.1 Å². The number of fused-ring (bicyclic) bond motifs is 1. The lowest BCUT2D eigenvalue weighted by molar-refractivity contribution is -0.137. The van der Waals surface area contributed by atoms with Crippen molar-refractivity contribution >= 4 is 29.1 Å². The summed E-state index contributed by atoms with van der Waals surface area (Å²) in [6.07, 6.45) is 0.276. The monoisotopic (exact) mass is 429 g/mol. The number of hydrogen-bond acceptors (Lipinski definition) is 6. The fourth-order valence-corrected chi connectivity index (χ4v) is 4.44. The highest BCUT2D eigenvalue weighted by Gasteiger charge is 2.31. The zero-order valence-corrected chi connectivity index (χ0v) is 18.1. The number of carbonyl (C=O) groups excluding carboxylic acids is 3. The fourth-order valence-electron chi connectivity index (χ4n) is 4.44. The summed E-state index contributed by atoms with van der Waals surface area (Å²) in [6.45, 7) is 8.19. The highest BCUT2D eigenvalue weighted by atomic mass is 16.5. The number of nitrogens with one attached hydrogen (secondary N) is 1. The molecular formula is C22H31N5O4. The van der Waals surface area contributed by atoms with Crippen molar-refractivity contribution in [3.63, 3.8) is 0 Å². The Morgan fingerprint density at radius 2 is 1.58 bits per heavy atom. The Bertz CT molecular complexity index is 818. The third-order valence-corrected chi connectivity index (χ3v) is 6.17. The SMILES string of the molecule is C[C@H]1CC(=O)Nc2ccccc2N1C(=O)CN1CCN(CC(=O)N2CCOCC2)CC1. The molecule has 3 heterocycles. The van der Waals surface area contributed by atoms with E-state index in [1.165, 1.54) is 0 Å². The summed E-state index contributed by atoms with van der Waals surface area (Å²) < 4.78 is 5.31. The van der Waals surface area contributed by atoms with Crippen LogP contribution in [0, 0.1) is 0 Å². The van der Waals surface area contributed by atoms with Gasteiger partial charge >= 0.3 is 0 Å². The second-order valence-electron chi connectivity index (χ2n) is 8.43. The Morgan fingerprint density at radius 3 is 2.26 bits per heavy atom. The molecule has 0 radical (unpaired) electrons. The Labute approximate surface area is 182 Å². The number of hydrogen-bond donors (Lipinski definition) is 1. The van der Waals surface area contributed by atoms with Crippen molar-refractivity contribution in [2.75, 3.05) is 75.8 Å². The summed E-state index contributed by atoms with van der Waals surface area (Å²) >= 11 is 0. The van der Waals surface area contributed by atoms with E-state index in [0.29, 0.717) is 45.1 Å². The Kier molecular flexibility index (Phi) is 6.84. The minimum atomic E-state index is -0.205. The van der Waals surface area contributed by atoms with Gasteiger partial charge in [0.2, 0.25) is 17.7 Å². The smallest absolute Gasteiger partial charge is 0.241 e. The van der Waals surface area contributed by atoms with Crippen LogP contribution in [0.5, 0.6) is 0 Å². The van der Waals surface area contributed by atoms with Crippen molar-refractivity contribution in [2.24, 2.45) is 0 Å². The number of piperazine rings is 1. The fraction of sp³-hybridized carbons (Fsp3) is 0.591. The summed E-state index contributed by atoms with van der Waals surface area (Å²) in [5.74, 6) is 0.0723. The highest BCUT2D eigenvalue weighted by molar-refractivity contribution is 6.04. The van der Waals surface area contributed by atoms with Gasteiger partial charge in [-0.2, -0.15) is 0 Å². The van der Waals surface area contributed by atoms with Crippen LogP contribution in [0.1, 0.15) is 13.3 Å². The topological polar surface area (TPSA) is 85.4 Å². The second kappa shape index (κ2) is 9.76. The predicted molar refractivity (Wildman–Crippen MR) is 117 cm³/mol. The predicted octanol–water partition coefficient (Wildman–Crippen LogP) is 0.227. The molecule has 2 fully saturated rings. The number of nitrogens with zero attached hydrogens (tertiary/aromatic N) is 4. The van der Waals surface area contributed by atoms with Crippen molar-refractivity contribution in [1.29, 1.82) is 0 Å². The van der Waals surface area contributed by atoms with Crippen molar-refractivity contribution < 1.29 is 19.1 Å². The Morgan fingerprint density at radius 1 is 0.968 bits per heavy atom. The number of ether oxygens (including phenoxy) is 1. The Balaban J connectivity index is 1.31. The largest absolute Gasteiger partial charge is 0.378 e. The van der Waals surface area contributed by atoms with Crippen LogP contribution in [0.15, 0.2) is 24.3 Å². The van der Waals surface area contributed by atoms with Crippen molar-refractivity contribution in [3.05, 3.63) is 24.3 Å². The lowest BCUT2D eigenvalue weighted by Crippen LogP contribution is -2.53. The molecule has 168 valence electrons. The molecule has 3 aliphatic rings. The molecule has 0 bridgehead atoms. The van der Waals surface area contributed by atoms with Gasteiger partial charge in [-0.25, -0.2) is 0 Å². The molecule has 1 aromatic rings. The number of anilines is 2. The van der Waals surface area contributed by atoms with E-state index in [9.17, 15) is 14.4 Å². The standard InChI is InChI=1S/C22H31N5O4/c1-17-14-20(28)23-18-4-2-3-5-19(18)27(17)22(30)16-25-8-6-24(7-9-25)15-21(29)26-10-12-31-13-11-26/h2-5,17H,6-16H2,1H3,(H,23,28)/t17-/m0/s1. The maximum absolute atomic E-state index is 13.2. The van der Waals surface area contributed by atoms with Gasteiger partial charge < -0.3 is 19.9 Å². The number of rotatable bonds is 4. The maximum Gasteiger partial charge on any atom is 0.241 e. The molecule has 0 aliphatic carbocycles. The molecule has 3 aliphatic heterocycles. The third kappa shape index (κ3) is 5.23. The van der Waals surface area contributed by atoms with E-state index in [2.05, 4.69) is 15.1 Å². The molecule has 0 unspecified atom stereocenters. The van der Waals surface area contributed by atoms with Gasteiger partial charge in [0.05, 0.1) is 37.7 Å². The van der Waals surface area contributed by atoms with E-state index in [4.69, 9.17) is 4.74 Å². The average Bonchev–Trinajstić information content (AvgIpc) is 2.89. The molecule has 0 spiro atoms. The van der Waals surface area contributed by atoms with Crippen LogP contribution in [-0.4, -0.2) is 104 Å². The van der Waals surface area contributed by atoms with Gasteiger partial charge in [-0.05, 0) is 19.1 Å². The summed E-state index contributed by atoms with van der Waals surface area (Å²) in [5, 5.41) is 2.90. The van der Waals surface area contributed by atoms with E-state index in [0.717, 1.165) is 31.9 Å². The zero-order valence-electron chi connectivity index (χ0n) is 18.1. The summed E-state index contributed by atoms with van der Waals surface area (Å²) in [5.41, 5.74) is 1.43. The first-order chi connectivity index (χ1) is 15.0. The van der Waals surface area contributed by atoms with Crippen LogP contribution >= 0.6 is 0 Å². The second-order valence-corrected chi connectivity index (χ2v) is 8.43. The van der Waals surface area contributed by atoms with Gasteiger partial charge in [0.15, 0.2) is 0 Å². The maximum atomic E-state index is 13.2. The van der Waals surface area contributed by atoms with Gasteiger partial charge in [0.25, 0.3) is 0 Å². The minimum absolute atomic E-state index is 0.00528. The molecule has 31 heavy (non-hydrogen) atoms. The molecule has 9 nitrogen and oxygen atoms in total. The molecule has 0 saturated carbocycles. The van der Waals surface area contributed by atoms with E-state index in [-0.39, 0.29) is 30.2 Å². The highest BCUT2D eigenvalue weighted by Crippen LogP contribution is 2.31.